The molecule has 152 valence electrons. The van der Waals surface area contributed by atoms with Crippen LogP contribution in [-0.4, -0.2) is 60.6 Å². The Labute approximate surface area is 162 Å². The maximum atomic E-state index is 12.7. The van der Waals surface area contributed by atoms with E-state index in [2.05, 4.69) is 24.2 Å². The Morgan fingerprint density at radius 3 is 2.56 bits per heavy atom. The van der Waals surface area contributed by atoms with Gasteiger partial charge >= 0.3 is 6.09 Å². The zero-order chi connectivity index (χ0) is 20.2. The van der Waals surface area contributed by atoms with E-state index in [4.69, 9.17) is 9.15 Å². The van der Waals surface area contributed by atoms with E-state index in [1.807, 2.05) is 7.05 Å². The first kappa shape index (κ1) is 21.3. The summed E-state index contributed by atoms with van der Waals surface area (Å²) in [6.45, 7) is 9.82. The molecular weight excluding hydrogens is 346 g/mol. The molecule has 1 N–H and O–H groups in total. The van der Waals surface area contributed by atoms with Crippen LogP contribution in [0.1, 0.15) is 56.9 Å². The maximum Gasteiger partial charge on any atom is 0.408 e. The van der Waals surface area contributed by atoms with Crippen molar-refractivity contribution in [3.05, 3.63) is 23.7 Å². The van der Waals surface area contributed by atoms with Crippen LogP contribution in [0.15, 0.2) is 16.5 Å². The smallest absolute Gasteiger partial charge is 0.408 e. The fourth-order valence-electron chi connectivity index (χ4n) is 3.25. The maximum absolute atomic E-state index is 12.7. The van der Waals surface area contributed by atoms with Crippen molar-refractivity contribution in [1.29, 1.82) is 0 Å². The van der Waals surface area contributed by atoms with Gasteiger partial charge < -0.3 is 24.3 Å². The number of hydrogen-bond acceptors (Lipinski definition) is 5. The van der Waals surface area contributed by atoms with Gasteiger partial charge in [-0.15, -0.1) is 0 Å². The van der Waals surface area contributed by atoms with Gasteiger partial charge in [0.05, 0.1) is 6.54 Å². The highest BCUT2D eigenvalue weighted by atomic mass is 16.6. The largest absolute Gasteiger partial charge is 0.454 e. The lowest BCUT2D eigenvalue weighted by molar-refractivity contribution is 0.0519. The molecule has 2 heterocycles. The van der Waals surface area contributed by atoms with Crippen LogP contribution < -0.4 is 5.32 Å². The molecular formula is C20H33N3O4. The second-order valence-corrected chi connectivity index (χ2v) is 8.42. The molecule has 0 spiro atoms. The molecule has 0 unspecified atom stereocenters. The van der Waals surface area contributed by atoms with Crippen molar-refractivity contribution < 1.29 is 18.7 Å². The van der Waals surface area contributed by atoms with E-state index in [-0.39, 0.29) is 18.5 Å². The molecule has 1 aromatic heterocycles. The van der Waals surface area contributed by atoms with Crippen molar-refractivity contribution in [2.75, 3.05) is 27.2 Å². The Balaban J connectivity index is 1.88. The summed E-state index contributed by atoms with van der Waals surface area (Å²) in [4.78, 5) is 28.5. The highest BCUT2D eigenvalue weighted by molar-refractivity contribution is 5.91. The summed E-state index contributed by atoms with van der Waals surface area (Å²) in [7, 11) is 3.96. The normalized spacial score (nSPS) is 17.4. The quantitative estimate of drug-likeness (QED) is 0.851. The number of carbonyl (C=O) groups is 2. The Hall–Kier alpha value is -2.02. The number of carbonyl (C=O) groups excluding carboxylic acids is 2. The number of likely N-dealkylation sites (tertiary alicyclic amines) is 1. The summed E-state index contributed by atoms with van der Waals surface area (Å²) in [6, 6.07) is 3.52. The Bertz CT molecular complexity index is 642. The molecule has 1 saturated heterocycles. The summed E-state index contributed by atoms with van der Waals surface area (Å²) in [6.07, 6.45) is 1.68. The number of amides is 2. The van der Waals surface area contributed by atoms with E-state index >= 15 is 0 Å². The highest BCUT2D eigenvalue weighted by Crippen LogP contribution is 2.24. The molecule has 1 atom stereocenters. The molecule has 0 aliphatic carbocycles. The first-order valence-electron chi connectivity index (χ1n) is 9.58. The van der Waals surface area contributed by atoms with Gasteiger partial charge in [-0.2, -0.15) is 0 Å². The van der Waals surface area contributed by atoms with Crippen molar-refractivity contribution in [3.8, 4) is 0 Å². The lowest BCUT2D eigenvalue weighted by Gasteiger charge is -2.36. The molecule has 7 heteroatoms. The zero-order valence-corrected chi connectivity index (χ0v) is 17.4. The Morgan fingerprint density at radius 2 is 1.96 bits per heavy atom. The number of nitrogens with one attached hydrogen (secondary N) is 1. The third kappa shape index (κ3) is 6.27. The van der Waals surface area contributed by atoms with Gasteiger partial charge in [0.15, 0.2) is 5.76 Å². The summed E-state index contributed by atoms with van der Waals surface area (Å²) in [5.74, 6) is 1.17. The van der Waals surface area contributed by atoms with Crippen LogP contribution in [0, 0.1) is 5.92 Å². The van der Waals surface area contributed by atoms with Gasteiger partial charge in [-0.3, -0.25) is 4.79 Å². The van der Waals surface area contributed by atoms with Crippen molar-refractivity contribution >= 4 is 12.0 Å². The Kier molecular flexibility index (Phi) is 6.92. The van der Waals surface area contributed by atoms with Crippen LogP contribution in [-0.2, 0) is 11.3 Å². The number of alkyl carbamates (subject to hydrolysis) is 1. The molecule has 0 aromatic carbocycles. The molecule has 1 aliphatic heterocycles. The molecule has 0 saturated carbocycles. The minimum absolute atomic E-state index is 0.134. The monoisotopic (exact) mass is 379 g/mol. The average molecular weight is 380 g/mol. The summed E-state index contributed by atoms with van der Waals surface area (Å²) in [5, 5.41) is 2.63. The van der Waals surface area contributed by atoms with E-state index in [9.17, 15) is 9.59 Å². The summed E-state index contributed by atoms with van der Waals surface area (Å²) in [5.41, 5.74) is -0.554. The average Bonchev–Trinajstić information content (AvgIpc) is 3.06. The topological polar surface area (TPSA) is 75.0 Å². The van der Waals surface area contributed by atoms with E-state index < -0.39 is 11.7 Å². The number of rotatable bonds is 5. The van der Waals surface area contributed by atoms with Crippen LogP contribution in [0.3, 0.4) is 0 Å². The van der Waals surface area contributed by atoms with Crippen molar-refractivity contribution in [2.24, 2.45) is 5.92 Å². The number of ether oxygens (including phenoxy) is 1. The van der Waals surface area contributed by atoms with Crippen molar-refractivity contribution in [1.82, 2.24) is 15.1 Å². The van der Waals surface area contributed by atoms with E-state index in [1.165, 1.54) is 0 Å². The predicted molar refractivity (Wildman–Crippen MR) is 104 cm³/mol. The molecule has 2 amide bonds. The molecule has 7 nitrogen and oxygen atoms in total. The SMILES string of the molecule is C[C@@H](C1CCN(C)CC1)N(C)C(=O)c1ccc(CNC(=O)OC(C)(C)C)o1. The molecule has 27 heavy (non-hydrogen) atoms. The van der Waals surface area contributed by atoms with E-state index in [1.54, 1.807) is 37.8 Å². The van der Waals surface area contributed by atoms with Gasteiger partial charge in [-0.1, -0.05) is 0 Å². The lowest BCUT2D eigenvalue weighted by Crippen LogP contribution is -2.44. The fraction of sp³-hybridized carbons (Fsp3) is 0.700. The van der Waals surface area contributed by atoms with Crippen molar-refractivity contribution in [3.63, 3.8) is 0 Å². The second kappa shape index (κ2) is 8.78. The van der Waals surface area contributed by atoms with Gasteiger partial charge in [0.25, 0.3) is 5.91 Å². The van der Waals surface area contributed by atoms with Gasteiger partial charge in [0.1, 0.15) is 11.4 Å². The number of furan rings is 1. The van der Waals surface area contributed by atoms with Crippen LogP contribution in [0.25, 0.3) is 0 Å². The number of piperidine rings is 1. The first-order chi connectivity index (χ1) is 12.6. The number of hydrogen-bond donors (Lipinski definition) is 1. The molecule has 1 fully saturated rings. The zero-order valence-electron chi connectivity index (χ0n) is 17.4. The van der Waals surface area contributed by atoms with Gasteiger partial charge in [0.2, 0.25) is 0 Å². The van der Waals surface area contributed by atoms with E-state index in [0.29, 0.717) is 17.4 Å². The molecule has 2 rings (SSSR count). The van der Waals surface area contributed by atoms with Gasteiger partial charge in [-0.25, -0.2) is 4.79 Å². The predicted octanol–water partition coefficient (Wildman–Crippen LogP) is 3.11. The minimum atomic E-state index is -0.554. The summed E-state index contributed by atoms with van der Waals surface area (Å²) >= 11 is 0. The third-order valence-corrected chi connectivity index (χ3v) is 5.05. The lowest BCUT2D eigenvalue weighted by atomic mass is 9.89. The minimum Gasteiger partial charge on any atom is -0.454 e. The fourth-order valence-corrected chi connectivity index (χ4v) is 3.25. The van der Waals surface area contributed by atoms with Crippen LogP contribution in [0.5, 0.6) is 0 Å². The van der Waals surface area contributed by atoms with Crippen molar-refractivity contribution in [2.45, 2.75) is 58.7 Å². The van der Waals surface area contributed by atoms with Gasteiger partial charge in [-0.05, 0) is 78.7 Å². The Morgan fingerprint density at radius 1 is 1.33 bits per heavy atom. The highest BCUT2D eigenvalue weighted by Gasteiger charge is 2.29. The van der Waals surface area contributed by atoms with E-state index in [0.717, 1.165) is 25.9 Å². The molecule has 1 aliphatic rings. The third-order valence-electron chi connectivity index (χ3n) is 5.05. The van der Waals surface area contributed by atoms with Crippen LogP contribution in [0.2, 0.25) is 0 Å². The number of nitrogens with zero attached hydrogens (tertiary/aromatic N) is 2. The van der Waals surface area contributed by atoms with Crippen LogP contribution in [0.4, 0.5) is 4.79 Å². The molecule has 1 aromatic rings. The standard InChI is InChI=1S/C20H33N3O4/c1-14(15-9-11-22(5)12-10-15)23(6)18(24)17-8-7-16(26-17)13-21-19(25)27-20(2,3)4/h7-8,14-15H,9-13H2,1-6H3,(H,21,25)/t14-/m0/s1. The summed E-state index contributed by atoms with van der Waals surface area (Å²) < 4.78 is 10.8. The van der Waals surface area contributed by atoms with Gasteiger partial charge in [0, 0.05) is 13.1 Å². The molecule has 0 radical (unpaired) electrons. The second-order valence-electron chi connectivity index (χ2n) is 8.42. The van der Waals surface area contributed by atoms with Crippen LogP contribution >= 0.6 is 0 Å². The molecule has 0 bridgehead atoms. The first-order valence-corrected chi connectivity index (χ1v) is 9.58.